The van der Waals surface area contributed by atoms with Crippen molar-refractivity contribution >= 4 is 11.9 Å². The standard InChI is InChI=1S/C14H15FN2O3/c15-10-4-9(5-16-6-10)13(18)17-12-8-2-1-7(3-8)11(12)14(19)20/h4-8,11-12H,1-3H2,(H,17,18)(H,19,20). The van der Waals surface area contributed by atoms with Crippen LogP contribution in [0.5, 0.6) is 0 Å². The first-order chi connectivity index (χ1) is 9.56. The molecule has 6 heteroatoms. The number of carbonyl (C=O) groups is 2. The van der Waals surface area contributed by atoms with Gasteiger partial charge >= 0.3 is 5.97 Å². The summed E-state index contributed by atoms with van der Waals surface area (Å²) in [6.45, 7) is 0. The Morgan fingerprint density at radius 1 is 1.30 bits per heavy atom. The maximum atomic E-state index is 13.1. The number of nitrogens with one attached hydrogen (secondary N) is 1. The Kier molecular flexibility index (Phi) is 3.16. The highest BCUT2D eigenvalue weighted by Gasteiger charge is 2.51. The van der Waals surface area contributed by atoms with Crippen molar-refractivity contribution in [3.05, 3.63) is 29.8 Å². The van der Waals surface area contributed by atoms with Gasteiger partial charge < -0.3 is 10.4 Å². The molecule has 4 unspecified atom stereocenters. The summed E-state index contributed by atoms with van der Waals surface area (Å²) in [4.78, 5) is 27.1. The first-order valence-corrected chi connectivity index (χ1v) is 6.70. The van der Waals surface area contributed by atoms with E-state index in [-0.39, 0.29) is 23.4 Å². The Morgan fingerprint density at radius 3 is 2.75 bits per heavy atom. The zero-order chi connectivity index (χ0) is 14.3. The summed E-state index contributed by atoms with van der Waals surface area (Å²) in [7, 11) is 0. The Balaban J connectivity index is 1.77. The van der Waals surface area contributed by atoms with Crippen LogP contribution in [-0.4, -0.2) is 28.0 Å². The molecule has 2 bridgehead atoms. The van der Waals surface area contributed by atoms with Gasteiger partial charge in [0.05, 0.1) is 17.7 Å². The molecule has 0 aromatic carbocycles. The molecule has 2 fully saturated rings. The average Bonchev–Trinajstić information content (AvgIpc) is 2.99. The summed E-state index contributed by atoms with van der Waals surface area (Å²) in [5, 5.41) is 12.1. The van der Waals surface area contributed by atoms with Gasteiger partial charge in [-0.05, 0) is 37.2 Å². The van der Waals surface area contributed by atoms with E-state index in [1.54, 1.807) is 0 Å². The highest BCUT2D eigenvalue weighted by Crippen LogP contribution is 2.48. The molecule has 1 aromatic heterocycles. The number of pyridine rings is 1. The second kappa shape index (κ2) is 4.85. The van der Waals surface area contributed by atoms with Crippen LogP contribution >= 0.6 is 0 Å². The van der Waals surface area contributed by atoms with E-state index in [2.05, 4.69) is 10.3 Å². The smallest absolute Gasteiger partial charge is 0.308 e. The van der Waals surface area contributed by atoms with Crippen molar-refractivity contribution in [1.82, 2.24) is 10.3 Å². The number of carboxylic acid groups (broad SMARTS) is 1. The largest absolute Gasteiger partial charge is 0.481 e. The third kappa shape index (κ3) is 2.15. The number of aromatic nitrogens is 1. The van der Waals surface area contributed by atoms with Crippen molar-refractivity contribution in [2.75, 3.05) is 0 Å². The first kappa shape index (κ1) is 13.0. The van der Waals surface area contributed by atoms with Gasteiger partial charge in [-0.25, -0.2) is 4.39 Å². The molecule has 2 aliphatic rings. The lowest BCUT2D eigenvalue weighted by Gasteiger charge is -2.28. The second-order valence-corrected chi connectivity index (χ2v) is 5.59. The summed E-state index contributed by atoms with van der Waals surface area (Å²) < 4.78 is 13.1. The average molecular weight is 278 g/mol. The summed E-state index contributed by atoms with van der Waals surface area (Å²) in [5.74, 6) is -2.07. The van der Waals surface area contributed by atoms with E-state index in [0.29, 0.717) is 0 Å². The lowest BCUT2D eigenvalue weighted by atomic mass is 9.84. The minimum Gasteiger partial charge on any atom is -0.481 e. The predicted molar refractivity (Wildman–Crippen MR) is 67.4 cm³/mol. The first-order valence-electron chi connectivity index (χ1n) is 6.70. The number of carbonyl (C=O) groups excluding carboxylic acids is 1. The topological polar surface area (TPSA) is 79.3 Å². The van der Waals surface area contributed by atoms with Gasteiger partial charge in [0.15, 0.2) is 0 Å². The van der Waals surface area contributed by atoms with Crippen LogP contribution in [0, 0.1) is 23.6 Å². The van der Waals surface area contributed by atoms with Crippen LogP contribution in [0.2, 0.25) is 0 Å². The lowest BCUT2D eigenvalue weighted by molar-refractivity contribution is -0.144. The molecule has 1 heterocycles. The van der Waals surface area contributed by atoms with E-state index < -0.39 is 23.6 Å². The monoisotopic (exact) mass is 278 g/mol. The van der Waals surface area contributed by atoms with Gasteiger partial charge in [-0.3, -0.25) is 14.6 Å². The van der Waals surface area contributed by atoms with Crippen LogP contribution in [0.25, 0.3) is 0 Å². The van der Waals surface area contributed by atoms with Crippen LogP contribution < -0.4 is 5.32 Å². The molecule has 1 amide bonds. The molecule has 5 nitrogen and oxygen atoms in total. The van der Waals surface area contributed by atoms with Gasteiger partial charge in [-0.2, -0.15) is 0 Å². The Labute approximate surface area is 115 Å². The van der Waals surface area contributed by atoms with E-state index in [9.17, 15) is 19.1 Å². The van der Waals surface area contributed by atoms with Crippen LogP contribution in [0.1, 0.15) is 29.6 Å². The molecule has 0 spiro atoms. The third-order valence-electron chi connectivity index (χ3n) is 4.47. The molecule has 0 aliphatic heterocycles. The molecule has 4 atom stereocenters. The van der Waals surface area contributed by atoms with Crippen molar-refractivity contribution in [3.8, 4) is 0 Å². The minimum atomic E-state index is -0.861. The molecule has 0 radical (unpaired) electrons. The number of amides is 1. The fourth-order valence-electron chi connectivity index (χ4n) is 3.63. The molecule has 2 N–H and O–H groups in total. The highest BCUT2D eigenvalue weighted by atomic mass is 19.1. The maximum Gasteiger partial charge on any atom is 0.308 e. The SMILES string of the molecule is O=C(NC1C2CCC(C2)C1C(=O)O)c1cncc(F)c1. The highest BCUT2D eigenvalue weighted by molar-refractivity contribution is 5.94. The molecule has 0 saturated heterocycles. The van der Waals surface area contributed by atoms with E-state index in [4.69, 9.17) is 0 Å². The Morgan fingerprint density at radius 2 is 2.05 bits per heavy atom. The van der Waals surface area contributed by atoms with Crippen LogP contribution in [-0.2, 0) is 4.79 Å². The normalized spacial score (nSPS) is 31.2. The number of carboxylic acids is 1. The fourth-order valence-corrected chi connectivity index (χ4v) is 3.63. The van der Waals surface area contributed by atoms with Crippen molar-refractivity contribution in [3.63, 3.8) is 0 Å². The molecule has 3 rings (SSSR count). The van der Waals surface area contributed by atoms with Gasteiger partial charge in [-0.1, -0.05) is 0 Å². The molecular weight excluding hydrogens is 263 g/mol. The summed E-state index contributed by atoms with van der Waals surface area (Å²) >= 11 is 0. The summed E-state index contributed by atoms with van der Waals surface area (Å²) in [6.07, 6.45) is 5.01. The van der Waals surface area contributed by atoms with Crippen LogP contribution in [0.3, 0.4) is 0 Å². The van der Waals surface area contributed by atoms with Crippen LogP contribution in [0.15, 0.2) is 18.5 Å². The lowest BCUT2D eigenvalue weighted by Crippen LogP contribution is -2.46. The maximum absolute atomic E-state index is 13.1. The molecule has 1 aromatic rings. The number of halogens is 1. The number of hydrogen-bond donors (Lipinski definition) is 2. The number of hydrogen-bond acceptors (Lipinski definition) is 3. The fraction of sp³-hybridized carbons (Fsp3) is 0.500. The predicted octanol–water partition coefficient (Wildman–Crippen LogP) is 1.45. The molecule has 2 saturated carbocycles. The Hall–Kier alpha value is -1.98. The number of aliphatic carboxylic acids is 1. The van der Waals surface area contributed by atoms with Gasteiger partial charge in [0.2, 0.25) is 0 Å². The zero-order valence-corrected chi connectivity index (χ0v) is 10.8. The van der Waals surface area contributed by atoms with E-state index in [1.807, 2.05) is 0 Å². The van der Waals surface area contributed by atoms with E-state index >= 15 is 0 Å². The molecular formula is C14H15FN2O3. The van der Waals surface area contributed by atoms with Crippen molar-refractivity contribution in [2.45, 2.75) is 25.3 Å². The van der Waals surface area contributed by atoms with Gasteiger partial charge in [-0.15, -0.1) is 0 Å². The van der Waals surface area contributed by atoms with Crippen molar-refractivity contribution in [2.24, 2.45) is 17.8 Å². The van der Waals surface area contributed by atoms with Gasteiger partial charge in [0.25, 0.3) is 5.91 Å². The quantitative estimate of drug-likeness (QED) is 0.877. The summed E-state index contributed by atoms with van der Waals surface area (Å²) in [5.41, 5.74) is 0.122. The number of nitrogens with zero attached hydrogens (tertiary/aromatic N) is 1. The second-order valence-electron chi connectivity index (χ2n) is 5.59. The van der Waals surface area contributed by atoms with Gasteiger partial charge in [0, 0.05) is 12.2 Å². The molecule has 20 heavy (non-hydrogen) atoms. The van der Waals surface area contributed by atoms with Crippen molar-refractivity contribution < 1.29 is 19.1 Å². The van der Waals surface area contributed by atoms with Crippen LogP contribution in [0.4, 0.5) is 4.39 Å². The zero-order valence-electron chi connectivity index (χ0n) is 10.8. The molecule has 106 valence electrons. The molecule has 2 aliphatic carbocycles. The third-order valence-corrected chi connectivity index (χ3v) is 4.47. The van der Waals surface area contributed by atoms with Crippen molar-refractivity contribution in [1.29, 1.82) is 0 Å². The van der Waals surface area contributed by atoms with E-state index in [0.717, 1.165) is 31.5 Å². The summed E-state index contributed by atoms with van der Waals surface area (Å²) in [6, 6.07) is 0.743. The number of fused-ring (bicyclic) bond motifs is 2. The minimum absolute atomic E-state index is 0.122. The Bertz CT molecular complexity index is 563. The number of rotatable bonds is 3. The van der Waals surface area contributed by atoms with Gasteiger partial charge in [0.1, 0.15) is 5.82 Å². The van der Waals surface area contributed by atoms with E-state index in [1.165, 1.54) is 6.20 Å².